The van der Waals surface area contributed by atoms with Crippen molar-refractivity contribution in [2.45, 2.75) is 6.42 Å². The Hall–Kier alpha value is -0.890. The highest BCUT2D eigenvalue weighted by molar-refractivity contribution is 9.09. The molecular formula is C11H11BrO. The molecule has 68 valence electrons. The lowest BCUT2D eigenvalue weighted by Crippen LogP contribution is -2.02. The van der Waals surface area contributed by atoms with Crippen LogP contribution in [-0.2, 0) is 11.2 Å². The SMILES string of the molecule is C=Cc1ccc(CC(=O)CBr)cc1. The highest BCUT2D eigenvalue weighted by Crippen LogP contribution is 2.06. The van der Waals surface area contributed by atoms with Crippen molar-refractivity contribution in [1.82, 2.24) is 0 Å². The normalized spacial score (nSPS) is 9.62. The van der Waals surface area contributed by atoms with Crippen LogP contribution in [0, 0.1) is 0 Å². The fourth-order valence-corrected chi connectivity index (χ4v) is 1.24. The quantitative estimate of drug-likeness (QED) is 0.738. The van der Waals surface area contributed by atoms with Crippen molar-refractivity contribution < 1.29 is 4.79 Å². The maximum atomic E-state index is 11.1. The van der Waals surface area contributed by atoms with Crippen LogP contribution in [0.15, 0.2) is 30.8 Å². The van der Waals surface area contributed by atoms with Crippen LogP contribution in [0.2, 0.25) is 0 Å². The van der Waals surface area contributed by atoms with Gasteiger partial charge in [-0.2, -0.15) is 0 Å². The summed E-state index contributed by atoms with van der Waals surface area (Å²) in [5, 5.41) is 0.427. The molecule has 0 aliphatic carbocycles. The minimum Gasteiger partial charge on any atom is -0.298 e. The van der Waals surface area contributed by atoms with E-state index >= 15 is 0 Å². The second-order valence-corrected chi connectivity index (χ2v) is 3.36. The van der Waals surface area contributed by atoms with E-state index < -0.39 is 0 Å². The van der Waals surface area contributed by atoms with Gasteiger partial charge in [-0.05, 0) is 11.1 Å². The number of ketones is 1. The van der Waals surface area contributed by atoms with Crippen molar-refractivity contribution in [3.8, 4) is 0 Å². The molecule has 1 nitrogen and oxygen atoms in total. The van der Waals surface area contributed by atoms with Crippen molar-refractivity contribution >= 4 is 27.8 Å². The van der Waals surface area contributed by atoms with E-state index in [0.29, 0.717) is 11.8 Å². The maximum Gasteiger partial charge on any atom is 0.147 e. The molecule has 0 aliphatic rings. The van der Waals surface area contributed by atoms with Crippen LogP contribution >= 0.6 is 15.9 Å². The Labute approximate surface area is 86.6 Å². The number of alkyl halides is 1. The molecule has 0 bridgehead atoms. The molecule has 0 saturated carbocycles. The molecule has 0 unspecified atom stereocenters. The van der Waals surface area contributed by atoms with Crippen molar-refractivity contribution in [2.24, 2.45) is 0 Å². The van der Waals surface area contributed by atoms with Gasteiger partial charge in [-0.3, -0.25) is 4.79 Å². The van der Waals surface area contributed by atoms with Crippen LogP contribution in [0.3, 0.4) is 0 Å². The largest absolute Gasteiger partial charge is 0.298 e. The molecule has 0 atom stereocenters. The van der Waals surface area contributed by atoms with E-state index in [4.69, 9.17) is 0 Å². The van der Waals surface area contributed by atoms with Gasteiger partial charge >= 0.3 is 0 Å². The van der Waals surface area contributed by atoms with Gasteiger partial charge in [0.05, 0.1) is 5.33 Å². The van der Waals surface area contributed by atoms with E-state index in [1.54, 1.807) is 6.08 Å². The second kappa shape index (κ2) is 4.97. The zero-order valence-electron chi connectivity index (χ0n) is 7.29. The van der Waals surface area contributed by atoms with Crippen LogP contribution in [-0.4, -0.2) is 11.1 Å². The number of rotatable bonds is 4. The van der Waals surface area contributed by atoms with Gasteiger partial charge in [-0.1, -0.05) is 52.9 Å². The van der Waals surface area contributed by atoms with E-state index in [1.807, 2.05) is 24.3 Å². The molecule has 0 amide bonds. The summed E-state index contributed by atoms with van der Waals surface area (Å²) >= 11 is 3.13. The number of carbonyl (C=O) groups is 1. The van der Waals surface area contributed by atoms with E-state index in [0.717, 1.165) is 11.1 Å². The first-order valence-electron chi connectivity index (χ1n) is 4.05. The molecule has 2 heteroatoms. The van der Waals surface area contributed by atoms with E-state index in [2.05, 4.69) is 22.5 Å². The van der Waals surface area contributed by atoms with Crippen molar-refractivity contribution in [1.29, 1.82) is 0 Å². The fraction of sp³-hybridized carbons (Fsp3) is 0.182. The molecule has 0 aliphatic heterocycles. The Balaban J connectivity index is 2.69. The minimum atomic E-state index is 0.200. The molecule has 1 aromatic rings. The van der Waals surface area contributed by atoms with E-state index in [-0.39, 0.29) is 5.78 Å². The van der Waals surface area contributed by atoms with E-state index in [1.165, 1.54) is 0 Å². The molecule has 0 aromatic heterocycles. The predicted octanol–water partition coefficient (Wildman–Crippen LogP) is 2.84. The summed E-state index contributed by atoms with van der Waals surface area (Å²) in [6.45, 7) is 3.66. The molecule has 0 saturated heterocycles. The van der Waals surface area contributed by atoms with Gasteiger partial charge in [0.15, 0.2) is 0 Å². The number of halogens is 1. The third-order valence-corrected chi connectivity index (χ3v) is 2.39. The maximum absolute atomic E-state index is 11.1. The van der Waals surface area contributed by atoms with Crippen molar-refractivity contribution in [3.63, 3.8) is 0 Å². The first kappa shape index (κ1) is 10.2. The summed E-state index contributed by atoms with van der Waals surface area (Å²) in [6.07, 6.45) is 2.29. The summed E-state index contributed by atoms with van der Waals surface area (Å²) in [6, 6.07) is 7.84. The van der Waals surface area contributed by atoms with Gasteiger partial charge in [0.25, 0.3) is 0 Å². The van der Waals surface area contributed by atoms with Gasteiger partial charge in [-0.25, -0.2) is 0 Å². The second-order valence-electron chi connectivity index (χ2n) is 2.79. The van der Waals surface area contributed by atoms with Gasteiger partial charge in [0, 0.05) is 6.42 Å². The number of benzene rings is 1. The summed E-state index contributed by atoms with van der Waals surface area (Å²) in [7, 11) is 0. The molecule has 1 rings (SSSR count). The zero-order valence-corrected chi connectivity index (χ0v) is 8.88. The van der Waals surface area contributed by atoms with Crippen LogP contribution in [0.25, 0.3) is 6.08 Å². The summed E-state index contributed by atoms with van der Waals surface area (Å²) in [5.74, 6) is 0.200. The Kier molecular flexibility index (Phi) is 3.90. The van der Waals surface area contributed by atoms with Gasteiger partial charge in [0.1, 0.15) is 5.78 Å². The standard InChI is InChI=1S/C11H11BrO/c1-2-9-3-5-10(6-4-9)7-11(13)8-12/h2-6H,1,7-8H2. The van der Waals surface area contributed by atoms with Crippen molar-refractivity contribution in [2.75, 3.05) is 5.33 Å². The Morgan fingerprint density at radius 2 is 2.00 bits per heavy atom. The van der Waals surface area contributed by atoms with Crippen molar-refractivity contribution in [3.05, 3.63) is 42.0 Å². The smallest absolute Gasteiger partial charge is 0.147 e. The van der Waals surface area contributed by atoms with Crippen LogP contribution in [0.1, 0.15) is 11.1 Å². The topological polar surface area (TPSA) is 17.1 Å². The molecular weight excluding hydrogens is 228 g/mol. The summed E-state index contributed by atoms with van der Waals surface area (Å²) in [5.41, 5.74) is 2.13. The minimum absolute atomic E-state index is 0.200. The molecule has 13 heavy (non-hydrogen) atoms. The monoisotopic (exact) mass is 238 g/mol. The first-order valence-corrected chi connectivity index (χ1v) is 5.17. The molecule has 0 spiro atoms. The van der Waals surface area contributed by atoms with Crippen LogP contribution < -0.4 is 0 Å². The Bertz CT molecular complexity index is 300. The zero-order chi connectivity index (χ0) is 9.68. The van der Waals surface area contributed by atoms with Crippen LogP contribution in [0.5, 0.6) is 0 Å². The lowest BCUT2D eigenvalue weighted by atomic mass is 10.1. The van der Waals surface area contributed by atoms with Crippen LogP contribution in [0.4, 0.5) is 0 Å². The number of Topliss-reactive ketones (excluding diaryl/α,β-unsaturated/α-hetero) is 1. The van der Waals surface area contributed by atoms with Gasteiger partial charge in [-0.15, -0.1) is 0 Å². The highest BCUT2D eigenvalue weighted by atomic mass is 79.9. The molecule has 0 heterocycles. The summed E-state index contributed by atoms with van der Waals surface area (Å²) < 4.78 is 0. The van der Waals surface area contributed by atoms with Gasteiger partial charge < -0.3 is 0 Å². The third kappa shape index (κ3) is 3.15. The Morgan fingerprint density at radius 1 is 1.38 bits per heavy atom. The average Bonchev–Trinajstić information content (AvgIpc) is 2.19. The first-order chi connectivity index (χ1) is 6.26. The van der Waals surface area contributed by atoms with E-state index in [9.17, 15) is 4.79 Å². The number of hydrogen-bond acceptors (Lipinski definition) is 1. The lowest BCUT2D eigenvalue weighted by molar-refractivity contribution is -0.115. The third-order valence-electron chi connectivity index (χ3n) is 1.77. The summed E-state index contributed by atoms with van der Waals surface area (Å²) in [4.78, 5) is 11.1. The Morgan fingerprint density at radius 3 is 2.46 bits per heavy atom. The number of hydrogen-bond donors (Lipinski definition) is 0. The lowest BCUT2D eigenvalue weighted by Gasteiger charge is -1.98. The average molecular weight is 239 g/mol. The molecule has 0 radical (unpaired) electrons. The number of carbonyl (C=O) groups excluding carboxylic acids is 1. The van der Waals surface area contributed by atoms with Gasteiger partial charge in [0.2, 0.25) is 0 Å². The molecule has 1 aromatic carbocycles. The molecule has 0 fully saturated rings. The fourth-order valence-electron chi connectivity index (χ4n) is 1.05. The molecule has 0 N–H and O–H groups in total. The predicted molar refractivity (Wildman–Crippen MR) is 59.0 cm³/mol. The highest BCUT2D eigenvalue weighted by Gasteiger charge is 2.00.